The van der Waals surface area contributed by atoms with Crippen molar-refractivity contribution in [2.45, 2.75) is 58.7 Å². The minimum Gasteiger partial charge on any atom is -0.481 e. The normalized spacial score (nSPS) is 15.8. The number of carbonyl (C=O) groups excluding carboxylic acids is 1. The zero-order valence-electron chi connectivity index (χ0n) is 17.1. The average molecular weight is 381 g/mol. The fraction of sp³-hybridized carbons (Fsp3) is 0.458. The first-order valence-electron chi connectivity index (χ1n) is 10.5. The number of aryl methyl sites for hydroxylation is 1. The van der Waals surface area contributed by atoms with Crippen molar-refractivity contribution in [3.05, 3.63) is 65.2 Å². The zero-order valence-corrected chi connectivity index (χ0v) is 17.1. The minimum absolute atomic E-state index is 0.0585. The Morgan fingerprint density at radius 3 is 2.54 bits per heavy atom. The van der Waals surface area contributed by atoms with Gasteiger partial charge in [-0.1, -0.05) is 49.7 Å². The highest BCUT2D eigenvalue weighted by atomic mass is 16.5. The first kappa shape index (κ1) is 20.4. The van der Waals surface area contributed by atoms with E-state index >= 15 is 0 Å². The van der Waals surface area contributed by atoms with E-state index in [0.29, 0.717) is 13.0 Å². The van der Waals surface area contributed by atoms with Gasteiger partial charge in [-0.25, -0.2) is 0 Å². The largest absolute Gasteiger partial charge is 0.481 e. The van der Waals surface area contributed by atoms with Gasteiger partial charge in [-0.2, -0.15) is 0 Å². The maximum absolute atomic E-state index is 12.7. The number of ether oxygens (including phenoxy) is 1. The lowest BCUT2D eigenvalue weighted by atomic mass is 10.0. The first-order valence-corrected chi connectivity index (χ1v) is 10.5. The van der Waals surface area contributed by atoms with Crippen LogP contribution in [0.3, 0.4) is 0 Å². The van der Waals surface area contributed by atoms with E-state index in [0.717, 1.165) is 17.9 Å². The zero-order chi connectivity index (χ0) is 19.8. The molecule has 1 amide bonds. The first-order chi connectivity index (χ1) is 13.7. The van der Waals surface area contributed by atoms with Crippen molar-refractivity contribution in [2.24, 2.45) is 0 Å². The maximum atomic E-state index is 12.7. The topological polar surface area (TPSA) is 41.6 Å². The summed E-state index contributed by atoms with van der Waals surface area (Å²) in [5.41, 5.74) is 3.61. The number of amides is 1. The highest BCUT2D eigenvalue weighted by Gasteiger charge is 2.19. The molecule has 0 aliphatic carbocycles. The maximum Gasteiger partial charge on any atom is 0.261 e. The Labute approximate surface area is 168 Å². The van der Waals surface area contributed by atoms with E-state index < -0.39 is 6.10 Å². The van der Waals surface area contributed by atoms with Crippen molar-refractivity contribution in [2.75, 3.05) is 13.1 Å². The predicted molar refractivity (Wildman–Crippen MR) is 113 cm³/mol. The molecule has 0 bridgehead atoms. The van der Waals surface area contributed by atoms with E-state index in [1.165, 1.54) is 43.5 Å². The van der Waals surface area contributed by atoms with Crippen LogP contribution in [-0.2, 0) is 17.9 Å². The van der Waals surface area contributed by atoms with Crippen molar-refractivity contribution < 1.29 is 9.53 Å². The Morgan fingerprint density at radius 2 is 1.82 bits per heavy atom. The summed E-state index contributed by atoms with van der Waals surface area (Å²) in [7, 11) is 0. The molecule has 4 heteroatoms. The molecule has 0 saturated carbocycles. The molecule has 4 nitrogen and oxygen atoms in total. The molecule has 1 unspecified atom stereocenters. The van der Waals surface area contributed by atoms with Crippen LogP contribution in [0, 0.1) is 6.92 Å². The second-order valence-electron chi connectivity index (χ2n) is 7.65. The number of likely N-dealkylation sites (tertiary alicyclic amines) is 1. The monoisotopic (exact) mass is 380 g/mol. The fourth-order valence-corrected chi connectivity index (χ4v) is 3.71. The summed E-state index contributed by atoms with van der Waals surface area (Å²) in [5, 5.41) is 3.08. The van der Waals surface area contributed by atoms with E-state index in [-0.39, 0.29) is 5.91 Å². The summed E-state index contributed by atoms with van der Waals surface area (Å²) in [5.74, 6) is 0.685. The minimum atomic E-state index is -0.476. The Kier molecular flexibility index (Phi) is 7.49. The summed E-state index contributed by atoms with van der Waals surface area (Å²) in [4.78, 5) is 15.2. The lowest BCUT2D eigenvalue weighted by Crippen LogP contribution is -2.38. The van der Waals surface area contributed by atoms with Crippen molar-refractivity contribution in [3.63, 3.8) is 0 Å². The van der Waals surface area contributed by atoms with Gasteiger partial charge in [0.05, 0.1) is 0 Å². The van der Waals surface area contributed by atoms with E-state index in [1.54, 1.807) is 0 Å². The van der Waals surface area contributed by atoms with Crippen LogP contribution < -0.4 is 10.1 Å². The molecule has 1 N–H and O–H groups in total. The highest BCUT2D eigenvalue weighted by Crippen LogP contribution is 2.17. The SMILES string of the molecule is CCC(Oc1cccc(C)c1)C(=O)NCc1ccccc1CN1CCCCC1. The van der Waals surface area contributed by atoms with Crippen LogP contribution in [0.5, 0.6) is 5.75 Å². The number of piperidine rings is 1. The third-order valence-electron chi connectivity index (χ3n) is 5.35. The summed E-state index contributed by atoms with van der Waals surface area (Å²) in [6, 6.07) is 16.3. The number of nitrogens with zero attached hydrogens (tertiary/aromatic N) is 1. The van der Waals surface area contributed by atoms with Gasteiger partial charge < -0.3 is 10.1 Å². The molecule has 1 aliphatic rings. The second kappa shape index (κ2) is 10.3. The predicted octanol–water partition coefficient (Wildman–Crippen LogP) is 4.45. The molecule has 2 aromatic carbocycles. The lowest BCUT2D eigenvalue weighted by molar-refractivity contribution is -0.128. The Balaban J connectivity index is 1.58. The van der Waals surface area contributed by atoms with Gasteiger partial charge in [0, 0.05) is 13.1 Å². The summed E-state index contributed by atoms with van der Waals surface area (Å²) < 4.78 is 5.93. The van der Waals surface area contributed by atoms with Crippen LogP contribution in [0.1, 0.15) is 49.3 Å². The van der Waals surface area contributed by atoms with Gasteiger partial charge in [-0.05, 0) is 68.1 Å². The van der Waals surface area contributed by atoms with Crippen LogP contribution in [0.2, 0.25) is 0 Å². The number of carbonyl (C=O) groups is 1. The molecule has 0 aromatic heterocycles. The molecule has 0 spiro atoms. The van der Waals surface area contributed by atoms with Gasteiger partial charge in [-0.3, -0.25) is 9.69 Å². The third kappa shape index (κ3) is 5.83. The summed E-state index contributed by atoms with van der Waals surface area (Å²) in [6.45, 7) is 7.84. The summed E-state index contributed by atoms with van der Waals surface area (Å²) >= 11 is 0. The average Bonchev–Trinajstić information content (AvgIpc) is 2.72. The quantitative estimate of drug-likeness (QED) is 0.735. The Hall–Kier alpha value is -2.33. The van der Waals surface area contributed by atoms with Gasteiger partial charge in [0.1, 0.15) is 5.75 Å². The molecular weight excluding hydrogens is 348 g/mol. The van der Waals surface area contributed by atoms with Gasteiger partial charge in [0.15, 0.2) is 6.10 Å². The highest BCUT2D eigenvalue weighted by molar-refractivity contribution is 5.81. The van der Waals surface area contributed by atoms with Crippen molar-refractivity contribution in [1.29, 1.82) is 0 Å². The second-order valence-corrected chi connectivity index (χ2v) is 7.65. The molecule has 3 rings (SSSR count). The molecule has 150 valence electrons. The summed E-state index contributed by atoms with van der Waals surface area (Å²) in [6.07, 6.45) is 4.07. The van der Waals surface area contributed by atoms with E-state index in [4.69, 9.17) is 4.74 Å². The lowest BCUT2D eigenvalue weighted by Gasteiger charge is -2.27. The molecular formula is C24H32N2O2. The van der Waals surface area contributed by atoms with Gasteiger partial charge in [0.2, 0.25) is 0 Å². The van der Waals surface area contributed by atoms with Crippen LogP contribution >= 0.6 is 0 Å². The van der Waals surface area contributed by atoms with Crippen molar-refractivity contribution in [1.82, 2.24) is 10.2 Å². The van der Waals surface area contributed by atoms with Crippen LogP contribution in [0.25, 0.3) is 0 Å². The molecule has 28 heavy (non-hydrogen) atoms. The molecule has 1 heterocycles. The van der Waals surface area contributed by atoms with E-state index in [2.05, 4.69) is 28.4 Å². The molecule has 1 saturated heterocycles. The number of hydrogen-bond donors (Lipinski definition) is 1. The Morgan fingerprint density at radius 1 is 1.07 bits per heavy atom. The van der Waals surface area contributed by atoms with Gasteiger partial charge in [0.25, 0.3) is 5.91 Å². The standard InChI is InChI=1S/C24H32N2O2/c1-3-23(28-22-13-9-10-19(2)16-22)24(27)25-17-20-11-5-6-12-21(20)18-26-14-7-4-8-15-26/h5-6,9-13,16,23H,3-4,7-8,14-15,17-18H2,1-2H3,(H,25,27). The number of hydrogen-bond acceptors (Lipinski definition) is 3. The number of benzene rings is 2. The number of rotatable bonds is 8. The van der Waals surface area contributed by atoms with Gasteiger partial charge in [-0.15, -0.1) is 0 Å². The molecule has 1 atom stereocenters. The van der Waals surface area contributed by atoms with Crippen LogP contribution in [0.4, 0.5) is 0 Å². The fourth-order valence-electron chi connectivity index (χ4n) is 3.71. The number of nitrogens with one attached hydrogen (secondary N) is 1. The third-order valence-corrected chi connectivity index (χ3v) is 5.35. The van der Waals surface area contributed by atoms with Crippen LogP contribution in [0.15, 0.2) is 48.5 Å². The van der Waals surface area contributed by atoms with Crippen LogP contribution in [-0.4, -0.2) is 30.0 Å². The van der Waals surface area contributed by atoms with Crippen molar-refractivity contribution >= 4 is 5.91 Å². The van der Waals surface area contributed by atoms with E-state index in [9.17, 15) is 4.79 Å². The molecule has 0 radical (unpaired) electrons. The van der Waals surface area contributed by atoms with E-state index in [1.807, 2.05) is 44.2 Å². The van der Waals surface area contributed by atoms with Crippen molar-refractivity contribution in [3.8, 4) is 5.75 Å². The van der Waals surface area contributed by atoms with Gasteiger partial charge >= 0.3 is 0 Å². The molecule has 2 aromatic rings. The smallest absolute Gasteiger partial charge is 0.261 e. The molecule has 1 aliphatic heterocycles. The Bertz CT molecular complexity index is 769. The molecule has 1 fully saturated rings.